The van der Waals surface area contributed by atoms with Crippen LogP contribution in [0.3, 0.4) is 0 Å². The van der Waals surface area contributed by atoms with E-state index in [0.717, 1.165) is 23.0 Å². The summed E-state index contributed by atoms with van der Waals surface area (Å²) in [5.74, 6) is 3.88. The van der Waals surface area contributed by atoms with Crippen LogP contribution in [-0.4, -0.2) is 7.05 Å². The molecule has 0 fully saturated rings. The minimum Gasteiger partial charge on any atom is -0.456 e. The van der Waals surface area contributed by atoms with Crippen molar-refractivity contribution >= 4 is 66.2 Å². The van der Waals surface area contributed by atoms with Crippen LogP contribution in [0, 0.1) is 0 Å². The van der Waals surface area contributed by atoms with Crippen LogP contribution in [0.15, 0.2) is 204 Å². The molecule has 4 heterocycles. The Balaban J connectivity index is 0.000000120. The van der Waals surface area contributed by atoms with Gasteiger partial charge in [0.2, 0.25) is 0 Å². The first kappa shape index (κ1) is 70.8. The normalized spacial score (nSPS) is 13.7. The number of hydrogen-bond acceptors (Lipinski definition) is 4. The Bertz CT molecular complexity index is 4900. The Morgan fingerprint density at radius 3 is 0.970 bits per heavy atom. The number of anilines is 2. The highest BCUT2D eigenvalue weighted by Crippen LogP contribution is 2.55. The highest BCUT2D eigenvalue weighted by molar-refractivity contribution is 7.99. The van der Waals surface area contributed by atoms with Crippen LogP contribution < -0.4 is 14.4 Å². The number of hydrogen-bond donors (Lipinski definition) is 0. The van der Waals surface area contributed by atoms with Crippen molar-refractivity contribution in [3.05, 3.63) is 239 Å². The van der Waals surface area contributed by atoms with E-state index >= 15 is 0 Å². The number of fused-ring (bicyclic) bond motifs is 8. The lowest BCUT2D eigenvalue weighted by atomic mass is 9.80. The second-order valence-electron chi connectivity index (χ2n) is 37.1. The van der Waals surface area contributed by atoms with Crippen molar-refractivity contribution in [3.8, 4) is 67.5 Å². The fourth-order valence-electron chi connectivity index (χ4n) is 15.4. The molecule has 4 heteroatoms. The summed E-state index contributed by atoms with van der Waals surface area (Å²) in [6.45, 7) is 54.5. The van der Waals surface area contributed by atoms with Gasteiger partial charge in [-0.2, -0.15) is 0 Å². The summed E-state index contributed by atoms with van der Waals surface area (Å²) in [5.41, 5.74) is 25.0. The molecule has 0 bridgehead atoms. The van der Waals surface area contributed by atoms with Crippen molar-refractivity contribution in [2.75, 3.05) is 11.9 Å². The van der Waals surface area contributed by atoms with Crippen LogP contribution in [-0.2, 0) is 43.3 Å². The molecule has 3 nitrogen and oxygen atoms in total. The molecule has 16 rings (SSSR count). The molecular formula is C97H107NO2S. The number of benzene rings is 12. The molecule has 0 amide bonds. The highest BCUT2D eigenvalue weighted by Gasteiger charge is 2.32. The van der Waals surface area contributed by atoms with Gasteiger partial charge in [0.15, 0.2) is 0 Å². The average molecular weight is 1350 g/mol. The zero-order valence-corrected chi connectivity index (χ0v) is 66.0. The van der Waals surface area contributed by atoms with E-state index in [1.54, 1.807) is 0 Å². The van der Waals surface area contributed by atoms with Crippen molar-refractivity contribution in [2.24, 2.45) is 0 Å². The minimum atomic E-state index is 0.105. The van der Waals surface area contributed by atoms with Crippen molar-refractivity contribution in [1.82, 2.24) is 0 Å². The molecule has 4 aliphatic heterocycles. The van der Waals surface area contributed by atoms with E-state index in [1.807, 2.05) is 11.8 Å². The Hall–Kier alpha value is -8.57. The molecule has 518 valence electrons. The smallest absolute Gasteiger partial charge is 0.135 e. The molecule has 4 aliphatic rings. The maximum Gasteiger partial charge on any atom is 0.135 e. The quantitative estimate of drug-likeness (QED) is 0.151. The van der Waals surface area contributed by atoms with Crippen molar-refractivity contribution in [1.29, 1.82) is 0 Å². The number of nitrogens with zero attached hydrogens (tertiary/aromatic N) is 1. The van der Waals surface area contributed by atoms with Gasteiger partial charge < -0.3 is 14.4 Å². The van der Waals surface area contributed by atoms with Gasteiger partial charge in [0.05, 0.1) is 0 Å². The number of rotatable bonds is 0. The molecule has 0 unspecified atom stereocenters. The van der Waals surface area contributed by atoms with Crippen LogP contribution in [0.4, 0.5) is 11.4 Å². The zero-order chi connectivity index (χ0) is 72.8. The molecule has 0 aliphatic carbocycles. The van der Waals surface area contributed by atoms with Crippen LogP contribution in [0.5, 0.6) is 23.0 Å². The predicted molar refractivity (Wildman–Crippen MR) is 439 cm³/mol. The SMILES string of the molecule is CC(C)(C)c1ccc2c(c1)Oc1ccc(C(C)(C)C)c3cccc-2c13.CC(C)(C)c1ccc2c(c1)Oc1ccc(C(C)(C)C)c3cccc-2c13.CC(C)(C)c1ccc2c(c1)Sc1ccc(C(C)(C)C)c3cccc-2c13.CN1c2cc(C(C)(C)C)ccc2-c2cccc3c(C(C)(C)C)ccc1c23. The molecule has 0 saturated carbocycles. The van der Waals surface area contributed by atoms with Gasteiger partial charge in [-0.05, 0) is 186 Å². The van der Waals surface area contributed by atoms with E-state index < -0.39 is 0 Å². The molecule has 0 saturated heterocycles. The topological polar surface area (TPSA) is 21.7 Å². The van der Waals surface area contributed by atoms with E-state index in [0.29, 0.717) is 0 Å². The van der Waals surface area contributed by atoms with E-state index in [2.05, 4.69) is 372 Å². The maximum absolute atomic E-state index is 6.35. The van der Waals surface area contributed by atoms with Gasteiger partial charge >= 0.3 is 0 Å². The van der Waals surface area contributed by atoms with Gasteiger partial charge in [-0.1, -0.05) is 324 Å². The first-order chi connectivity index (χ1) is 47.1. The second-order valence-corrected chi connectivity index (χ2v) is 38.2. The second kappa shape index (κ2) is 24.9. The Morgan fingerprint density at radius 2 is 0.564 bits per heavy atom. The molecule has 0 N–H and O–H groups in total. The summed E-state index contributed by atoms with van der Waals surface area (Å²) < 4.78 is 12.7. The molecule has 0 atom stereocenters. The van der Waals surface area contributed by atoms with Gasteiger partial charge in [0, 0.05) is 66.4 Å². The lowest BCUT2D eigenvalue weighted by Gasteiger charge is -2.34. The fraction of sp³-hybridized carbons (Fsp3) is 0.340. The van der Waals surface area contributed by atoms with Gasteiger partial charge in [-0.25, -0.2) is 0 Å². The zero-order valence-electron chi connectivity index (χ0n) is 65.1. The largest absolute Gasteiger partial charge is 0.456 e. The van der Waals surface area contributed by atoms with Gasteiger partial charge in [-0.15, -0.1) is 0 Å². The fourth-order valence-corrected chi connectivity index (χ4v) is 16.6. The standard InChI is InChI=1S/C25H29N.2C24H26O.C24H26S/c1-24(2,3)16-11-12-17-18-9-8-10-19-20(25(4,5)6)13-14-21(23(18)19)26(7)22(17)15-16;3*1-23(2,3)15-10-11-16-17-8-7-9-18-19(24(4,5)6)12-13-20(22(17)18)25-21(16)14-15/h8-15H,1-7H3;3*7-14H,1-6H3. The van der Waals surface area contributed by atoms with Gasteiger partial charge in [0.1, 0.15) is 23.0 Å². The van der Waals surface area contributed by atoms with Crippen molar-refractivity contribution < 1.29 is 9.47 Å². The Morgan fingerprint density at radius 1 is 0.238 bits per heavy atom. The van der Waals surface area contributed by atoms with E-state index in [9.17, 15) is 0 Å². The first-order valence-electron chi connectivity index (χ1n) is 36.7. The van der Waals surface area contributed by atoms with Crippen molar-refractivity contribution in [2.45, 2.75) is 219 Å². The lowest BCUT2D eigenvalue weighted by Crippen LogP contribution is -2.19. The summed E-state index contributed by atoms with van der Waals surface area (Å²) in [6.07, 6.45) is 0. The molecule has 0 aromatic heterocycles. The first-order valence-corrected chi connectivity index (χ1v) is 37.5. The van der Waals surface area contributed by atoms with Crippen LogP contribution in [0.25, 0.3) is 87.6 Å². The van der Waals surface area contributed by atoms with Crippen molar-refractivity contribution in [3.63, 3.8) is 0 Å². The lowest BCUT2D eigenvalue weighted by molar-refractivity contribution is 0.481. The van der Waals surface area contributed by atoms with Crippen LogP contribution >= 0.6 is 11.8 Å². The number of ether oxygens (including phenoxy) is 2. The maximum atomic E-state index is 6.35. The summed E-state index contributed by atoms with van der Waals surface area (Å²) in [7, 11) is 2.20. The highest BCUT2D eigenvalue weighted by atomic mass is 32.2. The molecule has 0 spiro atoms. The average Bonchev–Trinajstić information content (AvgIpc) is 0.750. The third-order valence-electron chi connectivity index (χ3n) is 21.2. The summed E-state index contributed by atoms with van der Waals surface area (Å²) in [6, 6.07) is 72.1. The minimum absolute atomic E-state index is 0.105. The van der Waals surface area contributed by atoms with E-state index in [4.69, 9.17) is 9.47 Å². The van der Waals surface area contributed by atoms with Gasteiger partial charge in [0.25, 0.3) is 0 Å². The molecule has 12 aromatic carbocycles. The third kappa shape index (κ3) is 13.2. The molecule has 12 aromatic rings. The Kier molecular flexibility index (Phi) is 17.4. The van der Waals surface area contributed by atoms with Crippen LogP contribution in [0.1, 0.15) is 211 Å². The van der Waals surface area contributed by atoms with E-state index in [-0.39, 0.29) is 43.3 Å². The third-order valence-corrected chi connectivity index (χ3v) is 22.3. The molecular weight excluding hydrogens is 1240 g/mol. The molecule has 101 heavy (non-hydrogen) atoms. The molecule has 0 radical (unpaired) electrons. The predicted octanol–water partition coefficient (Wildman–Crippen LogP) is 29.2. The van der Waals surface area contributed by atoms with Crippen LogP contribution in [0.2, 0.25) is 0 Å². The monoisotopic (exact) mass is 1350 g/mol. The summed E-state index contributed by atoms with van der Waals surface area (Å²) in [5, 5.41) is 10.7. The van der Waals surface area contributed by atoms with Gasteiger partial charge in [-0.3, -0.25) is 0 Å². The summed E-state index contributed by atoms with van der Waals surface area (Å²) in [4.78, 5) is 5.14. The van der Waals surface area contributed by atoms with E-state index in [1.165, 1.54) is 153 Å². The Labute approximate surface area is 609 Å². The summed E-state index contributed by atoms with van der Waals surface area (Å²) >= 11 is 1.92.